The van der Waals surface area contributed by atoms with Crippen molar-refractivity contribution in [1.82, 2.24) is 9.13 Å². The lowest BCUT2D eigenvalue weighted by Crippen LogP contribution is -2.38. The molecule has 6 rings (SSSR count). The van der Waals surface area contributed by atoms with E-state index in [9.17, 15) is 4.79 Å². The normalized spacial score (nSPS) is 13.9. The molecule has 4 nitrogen and oxygen atoms in total. The fraction of sp³-hybridized carbons (Fsp3) is 0.206. The summed E-state index contributed by atoms with van der Waals surface area (Å²) in [6.07, 6.45) is 0. The number of benzene rings is 3. The monoisotopic (exact) mass is 567 g/mol. The van der Waals surface area contributed by atoms with Crippen molar-refractivity contribution in [2.75, 3.05) is 5.32 Å². The Labute approximate surface area is 245 Å². The Morgan fingerprint density at radius 2 is 1.07 bits per heavy atom. The van der Waals surface area contributed by atoms with Gasteiger partial charge in [0, 0.05) is 44.7 Å². The summed E-state index contributed by atoms with van der Waals surface area (Å²) in [4.78, 5) is 14.5. The van der Waals surface area contributed by atoms with E-state index >= 15 is 0 Å². The van der Waals surface area contributed by atoms with Gasteiger partial charge in [0.25, 0.3) is 0 Å². The highest BCUT2D eigenvalue weighted by atomic mass is 35.5. The number of nitrogens with zero attached hydrogens (tertiary/aromatic N) is 2. The molecule has 40 heavy (non-hydrogen) atoms. The van der Waals surface area contributed by atoms with E-state index in [1.807, 2.05) is 6.07 Å². The predicted molar refractivity (Wildman–Crippen MR) is 165 cm³/mol. The van der Waals surface area contributed by atoms with Crippen LogP contribution in [0.2, 0.25) is 10.0 Å². The Morgan fingerprint density at radius 3 is 1.52 bits per heavy atom. The summed E-state index contributed by atoms with van der Waals surface area (Å²) in [6.45, 7) is 12.5. The van der Waals surface area contributed by atoms with Crippen LogP contribution in [0, 0.1) is 41.5 Å². The SMILES string of the molecule is Cc1ccc(-n2c(C)cc(C3(c4cc(C)n(-c5ccc(C)cc5)c4C)C(=O)Nc4c(Cl)cc(Cl)cc43)c2C)cc1. The van der Waals surface area contributed by atoms with E-state index in [1.54, 1.807) is 6.07 Å². The number of fused-ring (bicyclic) bond motifs is 1. The first-order chi connectivity index (χ1) is 19.0. The first-order valence-corrected chi connectivity index (χ1v) is 14.1. The third kappa shape index (κ3) is 3.77. The number of aromatic nitrogens is 2. The fourth-order valence-electron chi connectivity index (χ4n) is 6.47. The van der Waals surface area contributed by atoms with Gasteiger partial charge >= 0.3 is 0 Å². The van der Waals surface area contributed by atoms with E-state index in [-0.39, 0.29) is 5.91 Å². The first-order valence-electron chi connectivity index (χ1n) is 13.4. The molecule has 1 aliphatic heterocycles. The second-order valence-corrected chi connectivity index (χ2v) is 11.8. The maximum atomic E-state index is 14.5. The molecule has 0 bridgehead atoms. The third-order valence-corrected chi connectivity index (χ3v) is 8.81. The van der Waals surface area contributed by atoms with Gasteiger partial charge in [-0.05, 0) is 101 Å². The Bertz CT molecular complexity index is 1710. The van der Waals surface area contributed by atoms with Gasteiger partial charge in [0.15, 0.2) is 0 Å². The molecule has 1 aliphatic rings. The van der Waals surface area contributed by atoms with Crippen molar-refractivity contribution in [3.05, 3.63) is 133 Å². The van der Waals surface area contributed by atoms with Crippen LogP contribution in [0.1, 0.15) is 50.6 Å². The largest absolute Gasteiger partial charge is 0.323 e. The van der Waals surface area contributed by atoms with Crippen molar-refractivity contribution < 1.29 is 4.79 Å². The number of hydrogen-bond acceptors (Lipinski definition) is 1. The van der Waals surface area contributed by atoms with Crippen LogP contribution in [-0.4, -0.2) is 15.0 Å². The molecule has 0 fully saturated rings. The van der Waals surface area contributed by atoms with Crippen LogP contribution in [0.5, 0.6) is 0 Å². The van der Waals surface area contributed by atoms with Crippen molar-refractivity contribution in [3.63, 3.8) is 0 Å². The highest BCUT2D eigenvalue weighted by Gasteiger charge is 2.53. The average Bonchev–Trinajstić information content (AvgIpc) is 3.48. The minimum Gasteiger partial charge on any atom is -0.323 e. The van der Waals surface area contributed by atoms with Gasteiger partial charge in [-0.25, -0.2) is 0 Å². The van der Waals surface area contributed by atoms with Crippen LogP contribution in [0.25, 0.3) is 11.4 Å². The number of anilines is 1. The molecule has 202 valence electrons. The van der Waals surface area contributed by atoms with Crippen LogP contribution >= 0.6 is 23.2 Å². The molecule has 1 N–H and O–H groups in total. The molecule has 0 saturated heterocycles. The molecule has 0 unspecified atom stereocenters. The van der Waals surface area contributed by atoms with Crippen molar-refractivity contribution in [1.29, 1.82) is 0 Å². The van der Waals surface area contributed by atoms with Gasteiger partial charge < -0.3 is 14.5 Å². The predicted octanol–water partition coefficient (Wildman–Crippen LogP) is 8.71. The van der Waals surface area contributed by atoms with Crippen molar-refractivity contribution >= 4 is 34.8 Å². The zero-order chi connectivity index (χ0) is 28.5. The quantitative estimate of drug-likeness (QED) is 0.231. The van der Waals surface area contributed by atoms with E-state index in [0.717, 1.165) is 50.8 Å². The third-order valence-electron chi connectivity index (χ3n) is 8.29. The Morgan fingerprint density at radius 1 is 0.625 bits per heavy atom. The van der Waals surface area contributed by atoms with Gasteiger partial charge in [0.05, 0.1) is 10.7 Å². The lowest BCUT2D eigenvalue weighted by molar-refractivity contribution is -0.118. The van der Waals surface area contributed by atoms with Gasteiger partial charge in [-0.1, -0.05) is 58.6 Å². The molecular weight excluding hydrogens is 537 g/mol. The van der Waals surface area contributed by atoms with Crippen molar-refractivity contribution in [3.8, 4) is 11.4 Å². The standard InChI is InChI=1S/C34H31Cl2N3O/c1-19-7-11-26(12-8-19)38-21(3)15-28(23(38)5)34(30-17-25(35)18-31(36)32(30)37-33(34)40)29-16-22(4)39(24(29)6)27-13-9-20(2)10-14-27/h7-18H,1-6H3,(H,37,40). The van der Waals surface area contributed by atoms with Crippen LogP contribution in [0.3, 0.4) is 0 Å². The van der Waals surface area contributed by atoms with Crippen molar-refractivity contribution in [2.24, 2.45) is 0 Å². The molecule has 0 spiro atoms. The maximum Gasteiger partial charge on any atom is 0.244 e. The number of amides is 1. The number of carbonyl (C=O) groups is 1. The maximum absolute atomic E-state index is 14.5. The summed E-state index contributed by atoms with van der Waals surface area (Å²) >= 11 is 13.3. The molecule has 0 aliphatic carbocycles. The molecule has 3 heterocycles. The topological polar surface area (TPSA) is 39.0 Å². The molecule has 2 aromatic heterocycles. The number of aryl methyl sites for hydroxylation is 4. The summed E-state index contributed by atoms with van der Waals surface area (Å²) in [7, 11) is 0. The van der Waals surface area contributed by atoms with Gasteiger partial charge in [-0.2, -0.15) is 0 Å². The second-order valence-electron chi connectivity index (χ2n) is 10.9. The Balaban J connectivity index is 1.70. The summed E-state index contributed by atoms with van der Waals surface area (Å²) in [5, 5.41) is 4.06. The number of carbonyl (C=O) groups excluding carboxylic acids is 1. The van der Waals surface area contributed by atoms with Crippen LogP contribution in [0.4, 0.5) is 5.69 Å². The van der Waals surface area contributed by atoms with Gasteiger partial charge in [0.1, 0.15) is 5.41 Å². The highest BCUT2D eigenvalue weighted by molar-refractivity contribution is 6.38. The van der Waals surface area contributed by atoms with E-state index in [0.29, 0.717) is 15.7 Å². The van der Waals surface area contributed by atoms with Crippen molar-refractivity contribution in [2.45, 2.75) is 47.0 Å². The highest BCUT2D eigenvalue weighted by Crippen LogP contribution is 2.53. The lowest BCUT2D eigenvalue weighted by Gasteiger charge is -2.29. The number of nitrogens with one attached hydrogen (secondary N) is 1. The van der Waals surface area contributed by atoms with Gasteiger partial charge in [-0.15, -0.1) is 0 Å². The van der Waals surface area contributed by atoms with Crippen LogP contribution in [0.15, 0.2) is 72.8 Å². The zero-order valence-corrected chi connectivity index (χ0v) is 25.0. The summed E-state index contributed by atoms with van der Waals surface area (Å²) in [6, 6.07) is 24.7. The van der Waals surface area contributed by atoms with E-state index in [1.165, 1.54) is 11.1 Å². The lowest BCUT2D eigenvalue weighted by atomic mass is 9.70. The van der Waals surface area contributed by atoms with E-state index in [4.69, 9.17) is 23.2 Å². The number of hydrogen-bond donors (Lipinski definition) is 1. The summed E-state index contributed by atoms with van der Waals surface area (Å²) in [5.74, 6) is -0.139. The van der Waals surface area contributed by atoms with Gasteiger partial charge in [0.2, 0.25) is 5.91 Å². The molecule has 0 atom stereocenters. The molecule has 1 amide bonds. The molecule has 3 aromatic carbocycles. The summed E-state index contributed by atoms with van der Waals surface area (Å²) in [5.41, 5.74) is 10.6. The minimum absolute atomic E-state index is 0.139. The van der Waals surface area contributed by atoms with Crippen LogP contribution in [-0.2, 0) is 10.2 Å². The minimum atomic E-state index is -1.15. The summed E-state index contributed by atoms with van der Waals surface area (Å²) < 4.78 is 4.43. The zero-order valence-electron chi connectivity index (χ0n) is 23.5. The Hall–Kier alpha value is -3.73. The second kappa shape index (κ2) is 9.43. The van der Waals surface area contributed by atoms with E-state index in [2.05, 4.69) is 117 Å². The molecule has 5 aromatic rings. The fourth-order valence-corrected chi connectivity index (χ4v) is 7.01. The molecular formula is C34H31Cl2N3O. The number of rotatable bonds is 4. The molecule has 6 heteroatoms. The average molecular weight is 569 g/mol. The molecule has 0 saturated carbocycles. The van der Waals surface area contributed by atoms with Gasteiger partial charge in [-0.3, -0.25) is 4.79 Å². The Kier molecular flexibility index (Phi) is 6.25. The van der Waals surface area contributed by atoms with E-state index < -0.39 is 5.41 Å². The smallest absolute Gasteiger partial charge is 0.244 e. The van der Waals surface area contributed by atoms with Crippen LogP contribution < -0.4 is 5.32 Å². The molecule has 0 radical (unpaired) electrons. The number of halogens is 2. The first kappa shape index (κ1) is 26.5.